The van der Waals surface area contributed by atoms with Gasteiger partial charge in [0.25, 0.3) is 5.91 Å². The van der Waals surface area contributed by atoms with E-state index in [1.54, 1.807) is 6.21 Å². The molecule has 0 radical (unpaired) electrons. The van der Waals surface area contributed by atoms with E-state index >= 15 is 0 Å². The van der Waals surface area contributed by atoms with Gasteiger partial charge in [0.2, 0.25) is 0 Å². The zero-order chi connectivity index (χ0) is 26.8. The molecule has 6 aromatic rings. The second kappa shape index (κ2) is 11.0. The van der Waals surface area contributed by atoms with E-state index in [0.29, 0.717) is 11.6 Å². The maximum absolute atomic E-state index is 12.7. The number of halogens is 1. The first-order chi connectivity index (χ1) is 19.1. The monoisotopic (exact) mass is 551 g/mol. The number of amides is 1. The fourth-order valence-corrected chi connectivity index (χ4v) is 5.85. The SMILES string of the molecule is CCn1c2ccccc2c2cc(/C=N/NC(=O)CSc3nc4ccccc4n3Cc3ccc(Cl)cc3)ccc21. The van der Waals surface area contributed by atoms with Crippen molar-refractivity contribution in [3.05, 3.63) is 107 Å². The van der Waals surface area contributed by atoms with Crippen LogP contribution in [0, 0.1) is 0 Å². The van der Waals surface area contributed by atoms with Crippen molar-refractivity contribution in [2.45, 2.75) is 25.2 Å². The lowest BCUT2D eigenvalue weighted by molar-refractivity contribution is -0.118. The minimum atomic E-state index is -0.190. The van der Waals surface area contributed by atoms with E-state index in [9.17, 15) is 4.79 Å². The highest BCUT2D eigenvalue weighted by molar-refractivity contribution is 7.99. The second-order valence-electron chi connectivity index (χ2n) is 9.22. The van der Waals surface area contributed by atoms with Gasteiger partial charge in [0.15, 0.2) is 5.16 Å². The second-order valence-corrected chi connectivity index (χ2v) is 10.6. The summed E-state index contributed by atoms with van der Waals surface area (Å²) >= 11 is 7.46. The van der Waals surface area contributed by atoms with Crippen molar-refractivity contribution in [2.24, 2.45) is 5.10 Å². The summed E-state index contributed by atoms with van der Waals surface area (Å²) in [6.07, 6.45) is 1.69. The quantitative estimate of drug-likeness (QED) is 0.124. The molecule has 0 aliphatic carbocycles. The molecule has 6 nitrogen and oxygen atoms in total. The molecule has 0 saturated carbocycles. The van der Waals surface area contributed by atoms with Crippen LogP contribution in [0.3, 0.4) is 0 Å². The minimum absolute atomic E-state index is 0.190. The van der Waals surface area contributed by atoms with E-state index in [1.165, 1.54) is 33.6 Å². The maximum atomic E-state index is 12.7. The van der Waals surface area contributed by atoms with Gasteiger partial charge in [-0.2, -0.15) is 5.10 Å². The number of nitrogens with one attached hydrogen (secondary N) is 1. The molecule has 39 heavy (non-hydrogen) atoms. The first-order valence-electron chi connectivity index (χ1n) is 12.8. The van der Waals surface area contributed by atoms with Gasteiger partial charge in [-0.3, -0.25) is 4.79 Å². The Balaban J connectivity index is 1.15. The number of thioether (sulfide) groups is 1. The molecule has 0 fully saturated rings. The largest absolute Gasteiger partial charge is 0.341 e. The van der Waals surface area contributed by atoms with Gasteiger partial charge >= 0.3 is 0 Å². The predicted octanol–water partition coefficient (Wildman–Crippen LogP) is 7.11. The Morgan fingerprint density at radius 1 is 0.923 bits per heavy atom. The Hall–Kier alpha value is -4.07. The topological polar surface area (TPSA) is 64.2 Å². The molecule has 2 heterocycles. The number of aryl methyl sites for hydroxylation is 1. The van der Waals surface area contributed by atoms with E-state index < -0.39 is 0 Å². The molecule has 2 aromatic heterocycles. The van der Waals surface area contributed by atoms with Gasteiger partial charge < -0.3 is 9.13 Å². The molecule has 0 atom stereocenters. The average Bonchev–Trinajstić information content (AvgIpc) is 3.47. The summed E-state index contributed by atoms with van der Waals surface area (Å²) in [6.45, 7) is 3.69. The van der Waals surface area contributed by atoms with Crippen LogP contribution in [0.15, 0.2) is 101 Å². The van der Waals surface area contributed by atoms with Gasteiger partial charge in [-0.05, 0) is 60.5 Å². The highest BCUT2D eigenvalue weighted by atomic mass is 35.5. The third-order valence-electron chi connectivity index (χ3n) is 6.72. The van der Waals surface area contributed by atoms with Crippen molar-refractivity contribution in [1.82, 2.24) is 19.5 Å². The summed E-state index contributed by atoms with van der Waals surface area (Å²) in [5.41, 5.74) is 9.03. The van der Waals surface area contributed by atoms with Crippen molar-refractivity contribution >= 4 is 68.3 Å². The molecule has 1 amide bonds. The zero-order valence-electron chi connectivity index (χ0n) is 21.3. The molecular formula is C31H26ClN5OS. The summed E-state index contributed by atoms with van der Waals surface area (Å²) in [5, 5.41) is 8.10. The van der Waals surface area contributed by atoms with Gasteiger partial charge in [-0.1, -0.05) is 71.9 Å². The highest BCUT2D eigenvalue weighted by Gasteiger charge is 2.14. The third-order valence-corrected chi connectivity index (χ3v) is 7.95. The van der Waals surface area contributed by atoms with Crippen LogP contribution in [0.2, 0.25) is 5.02 Å². The first kappa shape index (κ1) is 25.2. The van der Waals surface area contributed by atoms with Crippen LogP contribution in [-0.4, -0.2) is 32.0 Å². The Labute approximate surface area is 235 Å². The van der Waals surface area contributed by atoms with Crippen LogP contribution in [-0.2, 0) is 17.9 Å². The van der Waals surface area contributed by atoms with E-state index in [-0.39, 0.29) is 11.7 Å². The van der Waals surface area contributed by atoms with Crippen LogP contribution in [0.4, 0.5) is 0 Å². The van der Waals surface area contributed by atoms with Crippen molar-refractivity contribution in [2.75, 3.05) is 5.75 Å². The van der Waals surface area contributed by atoms with Crippen LogP contribution >= 0.6 is 23.4 Å². The number of nitrogens with zero attached hydrogens (tertiary/aromatic N) is 4. The van der Waals surface area contributed by atoms with Gasteiger partial charge in [-0.25, -0.2) is 10.4 Å². The normalized spacial score (nSPS) is 11.7. The Morgan fingerprint density at radius 2 is 1.67 bits per heavy atom. The van der Waals surface area contributed by atoms with Crippen LogP contribution < -0.4 is 5.43 Å². The summed E-state index contributed by atoms with van der Waals surface area (Å²) in [6, 6.07) is 30.4. The average molecular weight is 552 g/mol. The Morgan fingerprint density at radius 3 is 2.49 bits per heavy atom. The van der Waals surface area contributed by atoms with E-state index in [0.717, 1.165) is 33.9 Å². The Kier molecular flexibility index (Phi) is 7.09. The molecule has 0 saturated heterocycles. The van der Waals surface area contributed by atoms with E-state index in [4.69, 9.17) is 16.6 Å². The van der Waals surface area contributed by atoms with Gasteiger partial charge in [-0.15, -0.1) is 0 Å². The maximum Gasteiger partial charge on any atom is 0.250 e. The Bertz CT molecular complexity index is 1840. The first-order valence-corrected chi connectivity index (χ1v) is 14.1. The molecule has 0 aliphatic rings. The van der Waals surface area contributed by atoms with Crippen LogP contribution in [0.25, 0.3) is 32.8 Å². The lowest BCUT2D eigenvalue weighted by Crippen LogP contribution is -2.20. The number of benzene rings is 4. The fraction of sp³-hybridized carbons (Fsp3) is 0.129. The number of fused-ring (bicyclic) bond motifs is 4. The molecule has 0 unspecified atom stereocenters. The predicted molar refractivity (Wildman–Crippen MR) is 162 cm³/mol. The minimum Gasteiger partial charge on any atom is -0.341 e. The summed E-state index contributed by atoms with van der Waals surface area (Å²) in [4.78, 5) is 17.4. The van der Waals surface area contributed by atoms with Crippen molar-refractivity contribution in [3.63, 3.8) is 0 Å². The number of hydrazone groups is 1. The summed E-state index contributed by atoms with van der Waals surface area (Å²) < 4.78 is 4.44. The number of hydrogen-bond donors (Lipinski definition) is 1. The van der Waals surface area contributed by atoms with Crippen molar-refractivity contribution < 1.29 is 4.79 Å². The van der Waals surface area contributed by atoms with Crippen molar-refractivity contribution in [3.8, 4) is 0 Å². The number of carbonyl (C=O) groups is 1. The number of imidazole rings is 1. The van der Waals surface area contributed by atoms with E-state index in [2.05, 4.69) is 63.0 Å². The molecule has 0 aliphatic heterocycles. The van der Waals surface area contributed by atoms with Crippen LogP contribution in [0.1, 0.15) is 18.1 Å². The zero-order valence-corrected chi connectivity index (χ0v) is 22.9. The molecule has 0 bridgehead atoms. The van der Waals surface area contributed by atoms with Gasteiger partial charge in [0, 0.05) is 33.4 Å². The molecule has 6 rings (SSSR count). The standard InChI is InChI=1S/C31H26ClN5OS/c1-2-36-27-9-5-3-7-24(27)25-17-22(13-16-28(25)36)18-33-35-30(38)20-39-31-34-26-8-4-6-10-29(26)37(31)19-21-11-14-23(32)15-12-21/h3-18H,2,19-20H2,1H3,(H,35,38)/b33-18+. The van der Waals surface area contributed by atoms with Crippen LogP contribution in [0.5, 0.6) is 0 Å². The number of rotatable bonds is 8. The fourth-order valence-electron chi connectivity index (χ4n) is 4.92. The summed E-state index contributed by atoms with van der Waals surface area (Å²) in [7, 11) is 0. The molecule has 8 heteroatoms. The molecule has 194 valence electrons. The number of aromatic nitrogens is 3. The third kappa shape index (κ3) is 5.15. The molecule has 0 spiro atoms. The van der Waals surface area contributed by atoms with Gasteiger partial charge in [0.05, 0.1) is 29.5 Å². The number of para-hydroxylation sites is 3. The van der Waals surface area contributed by atoms with E-state index in [1.807, 2.05) is 54.6 Å². The lowest BCUT2D eigenvalue weighted by atomic mass is 10.1. The smallest absolute Gasteiger partial charge is 0.250 e. The van der Waals surface area contributed by atoms with Crippen molar-refractivity contribution in [1.29, 1.82) is 0 Å². The lowest BCUT2D eigenvalue weighted by Gasteiger charge is -2.09. The summed E-state index contributed by atoms with van der Waals surface area (Å²) in [5.74, 6) is 0.00891. The molecule has 4 aromatic carbocycles. The number of carbonyl (C=O) groups excluding carboxylic acids is 1. The molecule has 1 N–H and O–H groups in total. The highest BCUT2D eigenvalue weighted by Crippen LogP contribution is 2.29. The van der Waals surface area contributed by atoms with Gasteiger partial charge in [0.1, 0.15) is 0 Å². The number of hydrogen-bond acceptors (Lipinski definition) is 4. The molecular weight excluding hydrogens is 526 g/mol.